The molecule has 0 bridgehead atoms. The Morgan fingerprint density at radius 3 is 2.58 bits per heavy atom. The number of amides is 1. The van der Waals surface area contributed by atoms with Crippen LogP contribution in [0.3, 0.4) is 0 Å². The van der Waals surface area contributed by atoms with Crippen LogP contribution in [0.25, 0.3) is 0 Å². The molecule has 1 saturated carbocycles. The number of aliphatic carboxylic acids is 1. The molecule has 0 aromatic heterocycles. The molecule has 24 heavy (non-hydrogen) atoms. The molecule has 0 radical (unpaired) electrons. The minimum atomic E-state index is -1.07. The average molecular weight is 338 g/mol. The molecule has 5 nitrogen and oxygen atoms in total. The largest absolute Gasteiger partial charge is 0.480 e. The maximum atomic E-state index is 14.3. The maximum absolute atomic E-state index is 14.3. The molecule has 130 valence electrons. The van der Waals surface area contributed by atoms with Gasteiger partial charge in [-0.15, -0.1) is 0 Å². The predicted molar refractivity (Wildman–Crippen MR) is 82.2 cm³/mol. The van der Waals surface area contributed by atoms with E-state index in [1.54, 1.807) is 0 Å². The smallest absolute Gasteiger partial charge is 0.320 e. The van der Waals surface area contributed by atoms with Crippen LogP contribution in [0, 0.1) is 17.6 Å². The third-order valence-corrected chi connectivity index (χ3v) is 5.16. The van der Waals surface area contributed by atoms with E-state index in [4.69, 9.17) is 0 Å². The number of likely N-dealkylation sites (tertiary alicyclic amines) is 1. The van der Waals surface area contributed by atoms with E-state index < -0.39 is 35.6 Å². The number of likely N-dealkylation sites (N-methyl/N-ethyl adjacent to an activating group) is 1. The Bertz CT molecular complexity index is 663. The number of carbonyl (C=O) groups is 2. The van der Waals surface area contributed by atoms with Gasteiger partial charge >= 0.3 is 5.97 Å². The summed E-state index contributed by atoms with van der Waals surface area (Å²) >= 11 is 0. The predicted octanol–water partition coefficient (Wildman–Crippen LogP) is 2.08. The van der Waals surface area contributed by atoms with Gasteiger partial charge in [0.15, 0.2) is 11.6 Å². The Morgan fingerprint density at radius 1 is 1.29 bits per heavy atom. The van der Waals surface area contributed by atoms with Crippen molar-refractivity contribution in [1.29, 1.82) is 0 Å². The van der Waals surface area contributed by atoms with Gasteiger partial charge < -0.3 is 10.4 Å². The van der Waals surface area contributed by atoms with E-state index in [1.165, 1.54) is 24.1 Å². The fourth-order valence-corrected chi connectivity index (χ4v) is 3.58. The molecular formula is C17H20F2N2O3. The van der Waals surface area contributed by atoms with E-state index in [2.05, 4.69) is 5.32 Å². The molecule has 3 rings (SSSR count). The van der Waals surface area contributed by atoms with Gasteiger partial charge in [-0.05, 0) is 38.8 Å². The van der Waals surface area contributed by atoms with E-state index in [1.807, 2.05) is 0 Å². The summed E-state index contributed by atoms with van der Waals surface area (Å²) in [6.07, 6.45) is 2.92. The Morgan fingerprint density at radius 2 is 2.00 bits per heavy atom. The van der Waals surface area contributed by atoms with Crippen LogP contribution in [0.4, 0.5) is 8.78 Å². The number of rotatable bonds is 4. The summed E-state index contributed by atoms with van der Waals surface area (Å²) in [4.78, 5) is 25.5. The lowest BCUT2D eigenvalue weighted by atomic mass is 9.89. The third-order valence-electron chi connectivity index (χ3n) is 5.16. The van der Waals surface area contributed by atoms with Gasteiger partial charge in [-0.3, -0.25) is 14.5 Å². The Labute approximate surface area is 138 Å². The minimum Gasteiger partial charge on any atom is -0.480 e. The van der Waals surface area contributed by atoms with Gasteiger partial charge in [0.1, 0.15) is 6.04 Å². The summed E-state index contributed by atoms with van der Waals surface area (Å²) in [6, 6.07) is 2.18. The molecule has 2 fully saturated rings. The molecule has 1 aromatic carbocycles. The van der Waals surface area contributed by atoms with Crippen molar-refractivity contribution in [3.8, 4) is 0 Å². The van der Waals surface area contributed by atoms with Crippen LogP contribution in [0.1, 0.15) is 37.3 Å². The summed E-state index contributed by atoms with van der Waals surface area (Å²) < 4.78 is 27.9. The lowest BCUT2D eigenvalue weighted by Gasteiger charge is -2.30. The van der Waals surface area contributed by atoms with E-state index in [0.29, 0.717) is 0 Å². The first kappa shape index (κ1) is 16.8. The average Bonchev–Trinajstić information content (AvgIpc) is 2.83. The molecule has 1 amide bonds. The van der Waals surface area contributed by atoms with Gasteiger partial charge in [0.05, 0.1) is 12.0 Å². The highest BCUT2D eigenvalue weighted by molar-refractivity contribution is 5.83. The van der Waals surface area contributed by atoms with E-state index >= 15 is 0 Å². The highest BCUT2D eigenvalue weighted by Gasteiger charge is 2.48. The molecule has 7 heteroatoms. The highest BCUT2D eigenvalue weighted by atomic mass is 19.2. The second-order valence-electron chi connectivity index (χ2n) is 6.59. The van der Waals surface area contributed by atoms with Gasteiger partial charge in [0, 0.05) is 11.6 Å². The first-order valence-electron chi connectivity index (χ1n) is 8.09. The van der Waals surface area contributed by atoms with Crippen molar-refractivity contribution in [3.05, 3.63) is 35.4 Å². The molecule has 1 heterocycles. The first-order valence-corrected chi connectivity index (χ1v) is 8.09. The van der Waals surface area contributed by atoms with Crippen LogP contribution in [0.2, 0.25) is 0 Å². The monoisotopic (exact) mass is 338 g/mol. The first-order chi connectivity index (χ1) is 11.4. The number of hydrogen-bond donors (Lipinski definition) is 2. The molecule has 0 spiro atoms. The molecule has 1 aromatic rings. The second-order valence-corrected chi connectivity index (χ2v) is 6.59. The third kappa shape index (κ3) is 2.88. The number of carboxylic acid groups (broad SMARTS) is 1. The van der Waals surface area contributed by atoms with Crippen molar-refractivity contribution in [1.82, 2.24) is 10.2 Å². The summed E-state index contributed by atoms with van der Waals surface area (Å²) in [5.41, 5.74) is 0.0232. The minimum absolute atomic E-state index is 0.0232. The summed E-state index contributed by atoms with van der Waals surface area (Å²) in [7, 11) is 1.53. The molecule has 1 saturated heterocycles. The summed E-state index contributed by atoms with van der Waals surface area (Å²) in [5.74, 6) is -4.12. The normalized spacial score (nSPS) is 27.7. The van der Waals surface area contributed by atoms with Crippen molar-refractivity contribution in [2.24, 2.45) is 5.92 Å². The standard InChI is InChI=1S/C17H20F2N2O3/c1-21-13(17(23)24)8-11(16(22)20-9-4-2-5-9)15(21)10-6-3-7-12(18)14(10)19/h3,6-7,9,11,13,15H,2,4-5,8H2,1H3,(H,20,22)(H,23,24)/t11-,13-,15-/m0/s1. The molecule has 2 aliphatic rings. The zero-order valence-electron chi connectivity index (χ0n) is 13.3. The zero-order chi connectivity index (χ0) is 17.4. The lowest BCUT2D eigenvalue weighted by Crippen LogP contribution is -2.44. The Balaban J connectivity index is 1.92. The van der Waals surface area contributed by atoms with Crippen LogP contribution in [-0.4, -0.2) is 41.0 Å². The zero-order valence-corrected chi connectivity index (χ0v) is 13.3. The summed E-state index contributed by atoms with van der Waals surface area (Å²) in [5, 5.41) is 12.3. The Hall–Kier alpha value is -2.02. The van der Waals surface area contributed by atoms with Crippen molar-refractivity contribution in [2.75, 3.05) is 7.05 Å². The van der Waals surface area contributed by atoms with Gasteiger partial charge in [-0.2, -0.15) is 0 Å². The second kappa shape index (κ2) is 6.47. The van der Waals surface area contributed by atoms with E-state index in [0.717, 1.165) is 25.3 Å². The van der Waals surface area contributed by atoms with Crippen LogP contribution in [0.15, 0.2) is 18.2 Å². The number of halogens is 2. The van der Waals surface area contributed by atoms with Crippen LogP contribution in [-0.2, 0) is 9.59 Å². The molecule has 3 atom stereocenters. The molecule has 0 unspecified atom stereocenters. The van der Waals surface area contributed by atoms with E-state index in [9.17, 15) is 23.5 Å². The number of nitrogens with zero attached hydrogens (tertiary/aromatic N) is 1. The van der Waals surface area contributed by atoms with Crippen molar-refractivity contribution in [3.63, 3.8) is 0 Å². The fourth-order valence-electron chi connectivity index (χ4n) is 3.58. The lowest BCUT2D eigenvalue weighted by molar-refractivity contribution is -0.142. The fraction of sp³-hybridized carbons (Fsp3) is 0.529. The van der Waals surface area contributed by atoms with Gasteiger partial charge in [-0.25, -0.2) is 8.78 Å². The number of carbonyl (C=O) groups excluding carboxylic acids is 1. The van der Waals surface area contributed by atoms with Crippen LogP contribution >= 0.6 is 0 Å². The molecular weight excluding hydrogens is 318 g/mol. The highest BCUT2D eigenvalue weighted by Crippen LogP contribution is 2.41. The molecule has 1 aliphatic carbocycles. The summed E-state index contributed by atoms with van der Waals surface area (Å²) in [6.45, 7) is 0. The van der Waals surface area contributed by atoms with Crippen molar-refractivity contribution < 1.29 is 23.5 Å². The van der Waals surface area contributed by atoms with Crippen molar-refractivity contribution >= 4 is 11.9 Å². The van der Waals surface area contributed by atoms with Crippen molar-refractivity contribution in [2.45, 2.75) is 43.8 Å². The van der Waals surface area contributed by atoms with Gasteiger partial charge in [0.2, 0.25) is 5.91 Å². The van der Waals surface area contributed by atoms with Gasteiger partial charge in [-0.1, -0.05) is 12.1 Å². The maximum Gasteiger partial charge on any atom is 0.320 e. The van der Waals surface area contributed by atoms with Crippen LogP contribution in [0.5, 0.6) is 0 Å². The topological polar surface area (TPSA) is 69.6 Å². The number of carboxylic acids is 1. The molecule has 2 N–H and O–H groups in total. The van der Waals surface area contributed by atoms with E-state index in [-0.39, 0.29) is 23.9 Å². The molecule has 1 aliphatic heterocycles. The SMILES string of the molecule is CN1[C@H](C(=O)O)C[C@H](C(=O)NC2CCC2)[C@@H]1c1cccc(F)c1F. The number of nitrogens with one attached hydrogen (secondary N) is 1. The van der Waals surface area contributed by atoms with Crippen LogP contribution < -0.4 is 5.32 Å². The number of hydrogen-bond acceptors (Lipinski definition) is 3. The Kier molecular flexibility index (Phi) is 4.54. The number of benzene rings is 1. The van der Waals surface area contributed by atoms with Gasteiger partial charge in [0.25, 0.3) is 0 Å². The quantitative estimate of drug-likeness (QED) is 0.882.